The van der Waals surface area contributed by atoms with Gasteiger partial charge in [0.2, 0.25) is 11.8 Å². The van der Waals surface area contributed by atoms with Crippen LogP contribution < -0.4 is 10.6 Å². The molecule has 0 rings (SSSR count). The molecular weight excluding hydrogens is 292 g/mol. The van der Waals surface area contributed by atoms with Crippen molar-refractivity contribution in [3.8, 4) is 0 Å². The molecule has 8 nitrogen and oxygen atoms in total. The molecule has 0 aliphatic carbocycles. The van der Waals surface area contributed by atoms with E-state index in [0.717, 1.165) is 0 Å². The van der Waals surface area contributed by atoms with E-state index in [1.807, 2.05) is 0 Å². The molecule has 0 radical (unpaired) electrons. The molecule has 0 atom stereocenters. The molecule has 2 N–H and O–H groups in total. The van der Waals surface area contributed by atoms with Gasteiger partial charge >= 0.3 is 11.9 Å². The summed E-state index contributed by atoms with van der Waals surface area (Å²) in [6.45, 7) is 2.49. The van der Waals surface area contributed by atoms with Crippen LogP contribution in [-0.2, 0) is 28.7 Å². The normalized spacial score (nSPS) is 11.8. The fraction of sp³-hybridized carbons (Fsp3) is 0.286. The summed E-state index contributed by atoms with van der Waals surface area (Å²) in [6.07, 6.45) is 5.33. The first-order valence-electron chi connectivity index (χ1n) is 6.12. The number of hydrogen-bond donors (Lipinski definition) is 2. The fourth-order valence-corrected chi connectivity index (χ4v) is 1.22. The highest BCUT2D eigenvalue weighted by atomic mass is 16.5. The molecule has 0 saturated carbocycles. The van der Waals surface area contributed by atoms with Crippen molar-refractivity contribution in [1.29, 1.82) is 0 Å². The second-order valence-electron chi connectivity index (χ2n) is 3.89. The molecule has 0 bridgehead atoms. The molecule has 0 aromatic heterocycles. The molecule has 0 aliphatic rings. The Labute approximate surface area is 127 Å². The second-order valence-corrected chi connectivity index (χ2v) is 3.89. The van der Waals surface area contributed by atoms with Crippen LogP contribution in [0.2, 0.25) is 0 Å². The predicted molar refractivity (Wildman–Crippen MR) is 77.0 cm³/mol. The summed E-state index contributed by atoms with van der Waals surface area (Å²) < 4.78 is 8.99. The SMILES string of the molecule is COC(=O)C(=CC=CC=C(NC(C)=O)C(=O)OC)NC(C)=O. The van der Waals surface area contributed by atoms with Crippen molar-refractivity contribution < 1.29 is 28.7 Å². The Morgan fingerprint density at radius 3 is 1.27 bits per heavy atom. The zero-order valence-corrected chi connectivity index (χ0v) is 12.8. The summed E-state index contributed by atoms with van der Waals surface area (Å²) in [4.78, 5) is 44.7. The molecule has 0 aromatic rings. The molecule has 0 spiro atoms. The van der Waals surface area contributed by atoms with E-state index in [2.05, 4.69) is 20.1 Å². The molecule has 8 heteroatoms. The maximum atomic E-state index is 11.4. The van der Waals surface area contributed by atoms with Crippen LogP contribution in [0.3, 0.4) is 0 Å². The summed E-state index contributed by atoms with van der Waals surface area (Å²) in [5, 5.41) is 4.60. The molecule has 0 aromatic carbocycles. The number of hydrogen-bond acceptors (Lipinski definition) is 6. The van der Waals surface area contributed by atoms with Crippen molar-refractivity contribution in [3.05, 3.63) is 35.7 Å². The van der Waals surface area contributed by atoms with Gasteiger partial charge in [-0.25, -0.2) is 9.59 Å². The average molecular weight is 310 g/mol. The Kier molecular flexibility index (Phi) is 8.61. The fourth-order valence-electron chi connectivity index (χ4n) is 1.22. The number of carbonyl (C=O) groups excluding carboxylic acids is 4. The lowest BCUT2D eigenvalue weighted by atomic mass is 10.3. The monoisotopic (exact) mass is 310 g/mol. The van der Waals surface area contributed by atoms with Crippen molar-refractivity contribution in [1.82, 2.24) is 10.6 Å². The van der Waals surface area contributed by atoms with Crippen LogP contribution in [0.5, 0.6) is 0 Å². The van der Waals surface area contributed by atoms with Crippen molar-refractivity contribution in [2.45, 2.75) is 13.8 Å². The first-order chi connectivity index (χ1) is 10.3. The number of ether oxygens (including phenoxy) is 2. The quantitative estimate of drug-likeness (QED) is 0.403. The highest BCUT2D eigenvalue weighted by Gasteiger charge is 2.10. The van der Waals surface area contributed by atoms with Gasteiger partial charge in [-0.1, -0.05) is 12.2 Å². The minimum atomic E-state index is -0.723. The minimum absolute atomic E-state index is 0.0706. The Balaban J connectivity index is 5.16. The number of carbonyl (C=O) groups is 4. The van der Waals surface area contributed by atoms with Gasteiger partial charge in [0.1, 0.15) is 11.4 Å². The van der Waals surface area contributed by atoms with Crippen LogP contribution in [0.4, 0.5) is 0 Å². The van der Waals surface area contributed by atoms with E-state index in [4.69, 9.17) is 0 Å². The van der Waals surface area contributed by atoms with Crippen LogP contribution >= 0.6 is 0 Å². The number of amides is 2. The van der Waals surface area contributed by atoms with E-state index in [1.54, 1.807) is 0 Å². The van der Waals surface area contributed by atoms with Crippen molar-refractivity contribution in [2.75, 3.05) is 14.2 Å². The third kappa shape index (κ3) is 7.63. The molecule has 2 amide bonds. The Morgan fingerprint density at radius 2 is 1.05 bits per heavy atom. The number of esters is 2. The van der Waals surface area contributed by atoms with Gasteiger partial charge in [0.15, 0.2) is 0 Å². The van der Waals surface area contributed by atoms with Crippen LogP contribution in [0.1, 0.15) is 13.8 Å². The Hall–Kier alpha value is -2.90. The number of methoxy groups -OCH3 is 2. The number of nitrogens with one attached hydrogen (secondary N) is 2. The molecule has 22 heavy (non-hydrogen) atoms. The minimum Gasteiger partial charge on any atom is -0.464 e. The third-order valence-corrected chi connectivity index (χ3v) is 2.07. The smallest absolute Gasteiger partial charge is 0.354 e. The lowest BCUT2D eigenvalue weighted by molar-refractivity contribution is -0.138. The molecule has 0 aliphatic heterocycles. The van der Waals surface area contributed by atoms with Crippen LogP contribution in [-0.4, -0.2) is 38.0 Å². The van der Waals surface area contributed by atoms with Gasteiger partial charge in [-0.3, -0.25) is 9.59 Å². The summed E-state index contributed by atoms with van der Waals surface area (Å²) in [7, 11) is 2.35. The van der Waals surface area contributed by atoms with Gasteiger partial charge in [-0.05, 0) is 12.2 Å². The van der Waals surface area contributed by atoms with Crippen molar-refractivity contribution in [2.24, 2.45) is 0 Å². The standard InChI is InChI=1S/C14H18N2O6/c1-9(17)15-11(13(19)21-3)7-5-6-8-12(14(20)22-4)16-10(2)18/h5-8H,1-4H3,(H,15,17)(H,16,18). The first kappa shape index (κ1) is 19.1. The zero-order chi connectivity index (χ0) is 17.1. The lowest BCUT2D eigenvalue weighted by Gasteiger charge is -2.04. The molecule has 120 valence electrons. The zero-order valence-electron chi connectivity index (χ0n) is 12.8. The first-order valence-corrected chi connectivity index (χ1v) is 6.12. The summed E-state index contributed by atoms with van der Waals surface area (Å²) >= 11 is 0. The van der Waals surface area contributed by atoms with E-state index in [1.165, 1.54) is 52.4 Å². The maximum Gasteiger partial charge on any atom is 0.354 e. The number of rotatable bonds is 6. The summed E-state index contributed by atoms with van der Waals surface area (Å²) in [5.41, 5.74) is -0.141. The van der Waals surface area contributed by atoms with E-state index >= 15 is 0 Å². The average Bonchev–Trinajstić information content (AvgIpc) is 2.46. The maximum absolute atomic E-state index is 11.4. The van der Waals surface area contributed by atoms with Gasteiger partial charge in [0.05, 0.1) is 14.2 Å². The van der Waals surface area contributed by atoms with Crippen molar-refractivity contribution >= 4 is 23.8 Å². The summed E-state index contributed by atoms with van der Waals surface area (Å²) in [6, 6.07) is 0. The van der Waals surface area contributed by atoms with Gasteiger partial charge in [0, 0.05) is 13.8 Å². The van der Waals surface area contributed by atoms with Gasteiger partial charge < -0.3 is 20.1 Å². The van der Waals surface area contributed by atoms with Gasteiger partial charge in [0.25, 0.3) is 0 Å². The van der Waals surface area contributed by atoms with E-state index in [0.29, 0.717) is 0 Å². The highest BCUT2D eigenvalue weighted by molar-refractivity contribution is 5.94. The van der Waals surface area contributed by atoms with Crippen LogP contribution in [0.15, 0.2) is 35.7 Å². The molecule has 0 saturated heterocycles. The molecule has 0 heterocycles. The lowest BCUT2D eigenvalue weighted by Crippen LogP contribution is -2.25. The number of allylic oxidation sites excluding steroid dienone is 4. The van der Waals surface area contributed by atoms with Gasteiger partial charge in [-0.2, -0.15) is 0 Å². The van der Waals surface area contributed by atoms with E-state index in [9.17, 15) is 19.2 Å². The largest absolute Gasteiger partial charge is 0.464 e. The van der Waals surface area contributed by atoms with E-state index < -0.39 is 23.8 Å². The Bertz CT molecular complexity index is 498. The summed E-state index contributed by atoms with van der Waals surface area (Å²) in [5.74, 6) is -2.32. The topological polar surface area (TPSA) is 111 Å². The molecular formula is C14H18N2O6. The third-order valence-electron chi connectivity index (χ3n) is 2.07. The second kappa shape index (κ2) is 9.92. The van der Waals surface area contributed by atoms with Crippen LogP contribution in [0.25, 0.3) is 0 Å². The molecule has 0 fully saturated rings. The van der Waals surface area contributed by atoms with E-state index in [-0.39, 0.29) is 11.4 Å². The molecule has 0 unspecified atom stereocenters. The Morgan fingerprint density at radius 1 is 0.727 bits per heavy atom. The van der Waals surface area contributed by atoms with Gasteiger partial charge in [-0.15, -0.1) is 0 Å². The predicted octanol–water partition coefficient (Wildman–Crippen LogP) is -0.0714. The van der Waals surface area contributed by atoms with Crippen LogP contribution in [0, 0.1) is 0 Å². The van der Waals surface area contributed by atoms with Crippen molar-refractivity contribution in [3.63, 3.8) is 0 Å². The highest BCUT2D eigenvalue weighted by Crippen LogP contribution is 1.97.